The number of anilines is 2. The summed E-state index contributed by atoms with van der Waals surface area (Å²) in [4.78, 5) is 4.65. The summed E-state index contributed by atoms with van der Waals surface area (Å²) in [5.41, 5.74) is 18.2. The van der Waals surface area contributed by atoms with Crippen LogP contribution in [0.5, 0.6) is 0 Å². The molecule has 2 aromatic carbocycles. The van der Waals surface area contributed by atoms with Crippen LogP contribution in [-0.4, -0.2) is 4.98 Å². The van der Waals surface area contributed by atoms with E-state index in [1.165, 1.54) is 0 Å². The lowest BCUT2D eigenvalue weighted by molar-refractivity contribution is -0.617. The van der Waals surface area contributed by atoms with Crippen LogP contribution in [0.4, 0.5) is 11.4 Å². The number of nitrogens with two attached hydrogens (primary N) is 2. The van der Waals surface area contributed by atoms with Crippen molar-refractivity contribution in [2.24, 2.45) is 7.05 Å². The van der Waals surface area contributed by atoms with Gasteiger partial charge in [0.05, 0.1) is 0 Å². The minimum atomic E-state index is 0.735. The van der Waals surface area contributed by atoms with Crippen molar-refractivity contribution in [3.05, 3.63) is 35.9 Å². The first-order valence-electron chi connectivity index (χ1n) is 5.81. The molecule has 0 saturated carbocycles. The maximum absolute atomic E-state index is 5.96. The van der Waals surface area contributed by atoms with Gasteiger partial charge in [-0.15, -0.1) is 0 Å². The summed E-state index contributed by atoms with van der Waals surface area (Å²) in [6.07, 6.45) is 0. The molecule has 4 N–H and O–H groups in total. The maximum atomic E-state index is 5.96. The van der Waals surface area contributed by atoms with Crippen molar-refractivity contribution in [3.8, 4) is 0 Å². The van der Waals surface area contributed by atoms with Gasteiger partial charge in [-0.25, -0.2) is 4.98 Å². The average molecular weight is 239 g/mol. The molecule has 1 aromatic heterocycles. The number of rotatable bonds is 0. The van der Waals surface area contributed by atoms with Crippen LogP contribution >= 0.6 is 0 Å². The fraction of sp³-hybridized carbons (Fsp3) is 0.143. The normalized spacial score (nSPS) is 11.2. The zero-order chi connectivity index (χ0) is 12.9. The van der Waals surface area contributed by atoms with Crippen LogP contribution in [0.1, 0.15) is 5.56 Å². The average Bonchev–Trinajstić information content (AvgIpc) is 2.33. The summed E-state index contributed by atoms with van der Waals surface area (Å²) in [6.45, 7) is 1.99. The molecule has 0 atom stereocenters. The smallest absolute Gasteiger partial charge is 0.233 e. The third kappa shape index (κ3) is 1.46. The van der Waals surface area contributed by atoms with Gasteiger partial charge in [-0.1, -0.05) is 0 Å². The molecular formula is C14H15N4+. The molecule has 0 aliphatic rings. The van der Waals surface area contributed by atoms with Crippen molar-refractivity contribution >= 4 is 33.4 Å². The minimum absolute atomic E-state index is 0.735. The molecule has 0 spiro atoms. The second kappa shape index (κ2) is 3.57. The molecule has 0 aliphatic heterocycles. The summed E-state index contributed by atoms with van der Waals surface area (Å²) in [5.74, 6) is 0. The van der Waals surface area contributed by atoms with E-state index >= 15 is 0 Å². The first kappa shape index (κ1) is 10.8. The first-order chi connectivity index (χ1) is 8.56. The van der Waals surface area contributed by atoms with Crippen LogP contribution in [-0.2, 0) is 7.05 Å². The highest BCUT2D eigenvalue weighted by Gasteiger charge is 2.14. The number of nitrogens with zero attached hydrogens (tertiary/aromatic N) is 2. The van der Waals surface area contributed by atoms with Crippen molar-refractivity contribution in [1.82, 2.24) is 4.98 Å². The standard InChI is InChI=1S/C14H14N4/c1-8-5-12-14(7-10(8)16)18(2)13-6-9(15)3-4-11(13)17-12/h3-7H,1-2H3,(H3,15,16)/p+1. The molecule has 0 bridgehead atoms. The Labute approximate surface area is 105 Å². The maximum Gasteiger partial charge on any atom is 0.233 e. The van der Waals surface area contributed by atoms with Crippen molar-refractivity contribution in [1.29, 1.82) is 0 Å². The Morgan fingerprint density at radius 2 is 1.72 bits per heavy atom. The van der Waals surface area contributed by atoms with Gasteiger partial charge in [0.15, 0.2) is 0 Å². The number of nitrogen functional groups attached to an aromatic ring is 2. The second-order valence-corrected chi connectivity index (χ2v) is 4.62. The molecule has 0 unspecified atom stereocenters. The molecule has 0 saturated heterocycles. The summed E-state index contributed by atoms with van der Waals surface area (Å²) >= 11 is 0. The fourth-order valence-electron chi connectivity index (χ4n) is 2.22. The lowest BCUT2D eigenvalue weighted by Crippen LogP contribution is -2.30. The third-order valence-corrected chi connectivity index (χ3v) is 3.33. The highest BCUT2D eigenvalue weighted by molar-refractivity contribution is 5.85. The van der Waals surface area contributed by atoms with Crippen LogP contribution in [0.2, 0.25) is 0 Å². The van der Waals surface area contributed by atoms with Crippen molar-refractivity contribution in [2.75, 3.05) is 11.5 Å². The van der Waals surface area contributed by atoms with Crippen molar-refractivity contribution in [2.45, 2.75) is 6.92 Å². The van der Waals surface area contributed by atoms with Gasteiger partial charge in [-0.2, -0.15) is 4.57 Å². The summed E-state index contributed by atoms with van der Waals surface area (Å²) < 4.78 is 2.07. The van der Waals surface area contributed by atoms with Gasteiger partial charge in [0, 0.05) is 23.5 Å². The molecule has 3 rings (SSSR count). The molecule has 0 fully saturated rings. The SMILES string of the molecule is Cc1cc2nc3ccc(N)cc3[n+](C)c2cc1N. The first-order valence-corrected chi connectivity index (χ1v) is 5.81. The molecule has 0 aliphatic carbocycles. The molecule has 4 heteroatoms. The molecule has 4 nitrogen and oxygen atoms in total. The largest absolute Gasteiger partial charge is 0.399 e. The Balaban J connectivity index is 2.52. The highest BCUT2D eigenvalue weighted by Crippen LogP contribution is 2.20. The zero-order valence-corrected chi connectivity index (χ0v) is 10.4. The van der Waals surface area contributed by atoms with E-state index in [1.54, 1.807) is 0 Å². The predicted molar refractivity (Wildman–Crippen MR) is 74.0 cm³/mol. The second-order valence-electron chi connectivity index (χ2n) is 4.62. The Kier molecular flexibility index (Phi) is 2.13. The summed E-state index contributed by atoms with van der Waals surface area (Å²) in [7, 11) is 2.00. The van der Waals surface area contributed by atoms with Gasteiger partial charge in [0.25, 0.3) is 0 Å². The van der Waals surface area contributed by atoms with E-state index in [4.69, 9.17) is 11.5 Å². The summed E-state index contributed by atoms with van der Waals surface area (Å²) in [6, 6.07) is 9.71. The van der Waals surface area contributed by atoms with Crippen molar-refractivity contribution in [3.63, 3.8) is 0 Å². The van der Waals surface area contributed by atoms with Crippen LogP contribution in [0.3, 0.4) is 0 Å². The van der Waals surface area contributed by atoms with E-state index in [0.29, 0.717) is 0 Å². The van der Waals surface area contributed by atoms with E-state index in [2.05, 4.69) is 9.55 Å². The number of aryl methyl sites for hydroxylation is 2. The molecule has 18 heavy (non-hydrogen) atoms. The van der Waals surface area contributed by atoms with Gasteiger partial charge in [-0.3, -0.25) is 0 Å². The number of aromatic nitrogens is 2. The van der Waals surface area contributed by atoms with E-state index in [1.807, 2.05) is 44.3 Å². The summed E-state index contributed by atoms with van der Waals surface area (Å²) in [5, 5.41) is 0. The topological polar surface area (TPSA) is 68.8 Å². The Morgan fingerprint density at radius 3 is 2.50 bits per heavy atom. The fourth-order valence-corrected chi connectivity index (χ4v) is 2.22. The number of benzene rings is 2. The third-order valence-electron chi connectivity index (χ3n) is 3.33. The van der Waals surface area contributed by atoms with E-state index < -0.39 is 0 Å². The van der Waals surface area contributed by atoms with E-state index in [-0.39, 0.29) is 0 Å². The number of hydrogen-bond acceptors (Lipinski definition) is 3. The van der Waals surface area contributed by atoms with E-state index in [9.17, 15) is 0 Å². The molecule has 3 aromatic rings. The van der Waals surface area contributed by atoms with Gasteiger partial charge >= 0.3 is 0 Å². The monoisotopic (exact) mass is 239 g/mol. The van der Waals surface area contributed by atoms with Crippen molar-refractivity contribution < 1.29 is 4.57 Å². The molecular weight excluding hydrogens is 224 g/mol. The molecule has 0 amide bonds. The van der Waals surface area contributed by atoms with Crippen LogP contribution in [0.15, 0.2) is 30.3 Å². The Bertz CT molecular complexity index is 778. The zero-order valence-electron chi connectivity index (χ0n) is 10.4. The predicted octanol–water partition coefficient (Wildman–Crippen LogP) is 1.69. The van der Waals surface area contributed by atoms with Crippen LogP contribution < -0.4 is 16.0 Å². The Hall–Kier alpha value is -2.36. The van der Waals surface area contributed by atoms with Crippen LogP contribution in [0, 0.1) is 6.92 Å². The Morgan fingerprint density at radius 1 is 1.00 bits per heavy atom. The van der Waals surface area contributed by atoms with Crippen LogP contribution in [0.25, 0.3) is 22.1 Å². The molecule has 1 heterocycles. The van der Waals surface area contributed by atoms with Gasteiger partial charge in [0.1, 0.15) is 18.1 Å². The molecule has 90 valence electrons. The lowest BCUT2D eigenvalue weighted by atomic mass is 10.1. The quantitative estimate of drug-likeness (QED) is 0.356. The highest BCUT2D eigenvalue weighted by atomic mass is 15.0. The number of hydrogen-bond donors (Lipinski definition) is 2. The van der Waals surface area contributed by atoms with E-state index in [0.717, 1.165) is 39.0 Å². The minimum Gasteiger partial charge on any atom is -0.399 e. The van der Waals surface area contributed by atoms with Gasteiger partial charge < -0.3 is 11.5 Å². The van der Waals surface area contributed by atoms with Gasteiger partial charge in [-0.05, 0) is 30.7 Å². The molecule has 0 radical (unpaired) electrons. The lowest BCUT2D eigenvalue weighted by Gasteiger charge is -2.05. The number of fused-ring (bicyclic) bond motifs is 2. The van der Waals surface area contributed by atoms with Gasteiger partial charge in [0.2, 0.25) is 11.0 Å².